The molecule has 6 nitrogen and oxygen atoms in total. The van der Waals surface area contributed by atoms with Crippen LogP contribution in [0.5, 0.6) is 11.5 Å². The van der Waals surface area contributed by atoms with Crippen molar-refractivity contribution in [3.8, 4) is 34.0 Å². The number of aromatic nitrogens is 2. The van der Waals surface area contributed by atoms with Crippen molar-refractivity contribution in [3.63, 3.8) is 0 Å². The van der Waals surface area contributed by atoms with Crippen molar-refractivity contribution in [1.82, 2.24) is 9.55 Å². The molecular formula is C30H25N3O3. The van der Waals surface area contributed by atoms with Crippen LogP contribution in [0.15, 0.2) is 116 Å². The minimum absolute atomic E-state index is 0.245. The lowest BCUT2D eigenvalue weighted by Crippen LogP contribution is -2.30. The molecule has 5 aromatic rings. The topological polar surface area (TPSA) is 56.6 Å². The van der Waals surface area contributed by atoms with E-state index >= 15 is 0 Å². The van der Waals surface area contributed by atoms with Gasteiger partial charge in [-0.05, 0) is 72.8 Å². The zero-order valence-electron chi connectivity index (χ0n) is 20.0. The summed E-state index contributed by atoms with van der Waals surface area (Å²) < 4.78 is 12.3. The number of methoxy groups -OCH3 is 2. The fourth-order valence-electron chi connectivity index (χ4n) is 4.11. The largest absolute Gasteiger partial charge is 0.497 e. The second kappa shape index (κ2) is 10.2. The first-order chi connectivity index (χ1) is 17.7. The third kappa shape index (κ3) is 4.44. The van der Waals surface area contributed by atoms with E-state index in [0.717, 1.165) is 34.0 Å². The monoisotopic (exact) mass is 475 g/mol. The molecule has 1 heterocycles. The summed E-state index contributed by atoms with van der Waals surface area (Å²) in [7, 11) is 3.26. The molecule has 4 aromatic carbocycles. The van der Waals surface area contributed by atoms with Gasteiger partial charge in [0.25, 0.3) is 0 Å². The van der Waals surface area contributed by atoms with Gasteiger partial charge in [0.1, 0.15) is 17.8 Å². The number of nitrogens with zero attached hydrogens (tertiary/aromatic N) is 3. The number of hydrogen-bond acceptors (Lipinski definition) is 4. The minimum atomic E-state index is -0.245. The molecule has 0 radical (unpaired) electrons. The van der Waals surface area contributed by atoms with Crippen molar-refractivity contribution in [3.05, 3.63) is 116 Å². The average molecular weight is 476 g/mol. The Morgan fingerprint density at radius 3 is 1.61 bits per heavy atom. The number of rotatable bonds is 6. The van der Waals surface area contributed by atoms with Crippen LogP contribution in [0, 0.1) is 0 Å². The van der Waals surface area contributed by atoms with Crippen molar-refractivity contribution >= 4 is 17.4 Å². The van der Waals surface area contributed by atoms with E-state index in [9.17, 15) is 4.79 Å². The number of imidazole rings is 1. The zero-order valence-corrected chi connectivity index (χ0v) is 20.0. The zero-order chi connectivity index (χ0) is 24.9. The highest BCUT2D eigenvalue weighted by Crippen LogP contribution is 2.35. The molecule has 0 saturated carbocycles. The van der Waals surface area contributed by atoms with Crippen LogP contribution in [0.25, 0.3) is 22.5 Å². The maximum atomic E-state index is 14.2. The van der Waals surface area contributed by atoms with Gasteiger partial charge in [-0.25, -0.2) is 14.3 Å². The Morgan fingerprint density at radius 2 is 1.14 bits per heavy atom. The molecule has 0 aliphatic rings. The highest BCUT2D eigenvalue weighted by atomic mass is 16.5. The minimum Gasteiger partial charge on any atom is -0.497 e. The van der Waals surface area contributed by atoms with Crippen molar-refractivity contribution in [1.29, 1.82) is 0 Å². The van der Waals surface area contributed by atoms with E-state index < -0.39 is 0 Å². The summed E-state index contributed by atoms with van der Waals surface area (Å²) in [4.78, 5) is 20.6. The number of hydrogen-bond donors (Lipinski definition) is 0. The van der Waals surface area contributed by atoms with Gasteiger partial charge in [-0.1, -0.05) is 36.4 Å². The molecule has 0 unspecified atom stereocenters. The summed E-state index contributed by atoms with van der Waals surface area (Å²) in [6.45, 7) is 0. The number of carbonyl (C=O) groups is 1. The highest BCUT2D eigenvalue weighted by molar-refractivity contribution is 6.03. The quantitative estimate of drug-likeness (QED) is 0.264. The third-order valence-electron chi connectivity index (χ3n) is 5.92. The Bertz CT molecular complexity index is 1410. The van der Waals surface area contributed by atoms with Crippen LogP contribution in [0.2, 0.25) is 0 Å². The Labute approximate surface area is 210 Å². The first kappa shape index (κ1) is 22.9. The van der Waals surface area contributed by atoms with E-state index in [4.69, 9.17) is 14.5 Å². The van der Waals surface area contributed by atoms with Crippen LogP contribution in [-0.4, -0.2) is 29.8 Å². The van der Waals surface area contributed by atoms with Gasteiger partial charge < -0.3 is 9.47 Å². The Morgan fingerprint density at radius 1 is 0.667 bits per heavy atom. The van der Waals surface area contributed by atoms with Crippen LogP contribution in [0.3, 0.4) is 0 Å². The maximum Gasteiger partial charge on any atom is 0.339 e. The first-order valence-corrected chi connectivity index (χ1v) is 11.5. The predicted molar refractivity (Wildman–Crippen MR) is 142 cm³/mol. The molecule has 5 rings (SSSR count). The number of ether oxygens (including phenoxy) is 2. The first-order valence-electron chi connectivity index (χ1n) is 11.5. The molecule has 0 fully saturated rings. The molecule has 1 amide bonds. The summed E-state index contributed by atoms with van der Waals surface area (Å²) in [5.74, 6) is 1.48. The molecule has 6 heteroatoms. The van der Waals surface area contributed by atoms with Gasteiger partial charge in [-0.3, -0.25) is 4.90 Å². The summed E-state index contributed by atoms with van der Waals surface area (Å²) in [5, 5.41) is 0. The molecule has 0 spiro atoms. The van der Waals surface area contributed by atoms with Gasteiger partial charge in [-0.2, -0.15) is 0 Å². The lowest BCUT2D eigenvalue weighted by atomic mass is 10.0. The fourth-order valence-corrected chi connectivity index (χ4v) is 4.11. The van der Waals surface area contributed by atoms with Gasteiger partial charge in [0.15, 0.2) is 0 Å². The van der Waals surface area contributed by atoms with E-state index in [1.54, 1.807) is 30.0 Å². The normalized spacial score (nSPS) is 10.6. The van der Waals surface area contributed by atoms with E-state index in [1.807, 2.05) is 109 Å². The molecule has 0 aliphatic heterocycles. The van der Waals surface area contributed by atoms with Crippen LogP contribution < -0.4 is 14.4 Å². The Kier molecular flexibility index (Phi) is 6.49. The standard InChI is InChI=1S/C30H25N3O3/c1-35-26-17-13-22(14-18-26)28-29(23-15-19-27(36-2)20-16-23)32(21-31-28)30(34)33(24-9-5-3-6-10-24)25-11-7-4-8-12-25/h3-21H,1-2H3. The Hall–Kier alpha value is -4.84. The van der Waals surface area contributed by atoms with Crippen molar-refractivity contribution < 1.29 is 14.3 Å². The molecule has 178 valence electrons. The van der Waals surface area contributed by atoms with E-state index in [1.165, 1.54) is 0 Å². The predicted octanol–water partition coefficient (Wildman–Crippen LogP) is 7.04. The second-order valence-corrected chi connectivity index (χ2v) is 8.06. The van der Waals surface area contributed by atoms with Gasteiger partial charge in [0, 0.05) is 11.1 Å². The second-order valence-electron chi connectivity index (χ2n) is 8.06. The Balaban J connectivity index is 1.68. The van der Waals surface area contributed by atoms with Gasteiger partial charge >= 0.3 is 6.03 Å². The van der Waals surface area contributed by atoms with Gasteiger partial charge in [0.05, 0.1) is 37.0 Å². The van der Waals surface area contributed by atoms with Crippen molar-refractivity contribution in [2.24, 2.45) is 0 Å². The molecule has 0 N–H and O–H groups in total. The third-order valence-corrected chi connectivity index (χ3v) is 5.92. The molecular weight excluding hydrogens is 450 g/mol. The molecule has 0 saturated heterocycles. The lowest BCUT2D eigenvalue weighted by Gasteiger charge is -2.24. The molecule has 0 atom stereocenters. The van der Waals surface area contributed by atoms with Gasteiger partial charge in [0.2, 0.25) is 0 Å². The van der Waals surface area contributed by atoms with Gasteiger partial charge in [-0.15, -0.1) is 0 Å². The number of benzene rings is 4. The number of anilines is 2. The van der Waals surface area contributed by atoms with Crippen LogP contribution in [0.4, 0.5) is 16.2 Å². The molecule has 1 aromatic heterocycles. The smallest absolute Gasteiger partial charge is 0.339 e. The van der Waals surface area contributed by atoms with E-state index in [2.05, 4.69) is 0 Å². The average Bonchev–Trinajstić information content (AvgIpc) is 3.40. The number of para-hydroxylation sites is 2. The van der Waals surface area contributed by atoms with E-state index in [0.29, 0.717) is 11.4 Å². The number of carbonyl (C=O) groups excluding carboxylic acids is 1. The highest BCUT2D eigenvalue weighted by Gasteiger charge is 2.25. The molecule has 0 bridgehead atoms. The summed E-state index contributed by atoms with van der Waals surface area (Å²) in [6.07, 6.45) is 1.58. The molecule has 0 aliphatic carbocycles. The maximum absolute atomic E-state index is 14.2. The van der Waals surface area contributed by atoms with E-state index in [-0.39, 0.29) is 6.03 Å². The van der Waals surface area contributed by atoms with Crippen molar-refractivity contribution in [2.45, 2.75) is 0 Å². The lowest BCUT2D eigenvalue weighted by molar-refractivity contribution is 0.250. The van der Waals surface area contributed by atoms with Crippen LogP contribution >= 0.6 is 0 Å². The number of amides is 1. The summed E-state index contributed by atoms with van der Waals surface area (Å²) >= 11 is 0. The fraction of sp³-hybridized carbons (Fsp3) is 0.0667. The van der Waals surface area contributed by atoms with Crippen molar-refractivity contribution in [2.75, 3.05) is 19.1 Å². The van der Waals surface area contributed by atoms with Crippen LogP contribution in [-0.2, 0) is 0 Å². The summed E-state index contributed by atoms with van der Waals surface area (Å²) in [5.41, 5.74) is 4.61. The SMILES string of the molecule is COc1ccc(-c2ncn(C(=O)N(c3ccccc3)c3ccccc3)c2-c2ccc(OC)cc2)cc1. The summed E-state index contributed by atoms with van der Waals surface area (Å²) in [6, 6.07) is 34.2. The molecule has 36 heavy (non-hydrogen) atoms. The van der Waals surface area contributed by atoms with Crippen LogP contribution in [0.1, 0.15) is 0 Å².